The van der Waals surface area contributed by atoms with Crippen LogP contribution < -0.4 is 10.5 Å². The second kappa shape index (κ2) is 6.17. The van der Waals surface area contributed by atoms with Gasteiger partial charge >= 0.3 is 0 Å². The molecule has 1 aliphatic carbocycles. The minimum atomic E-state index is 0.527. The Labute approximate surface area is 138 Å². The Morgan fingerprint density at radius 3 is 2.43 bits per heavy atom. The van der Waals surface area contributed by atoms with Gasteiger partial charge in [-0.25, -0.2) is 9.97 Å². The highest BCUT2D eigenvalue weighted by Crippen LogP contribution is 2.37. The van der Waals surface area contributed by atoms with Crippen molar-refractivity contribution in [3.8, 4) is 17.1 Å². The van der Waals surface area contributed by atoms with Crippen molar-refractivity contribution >= 4 is 28.4 Å². The van der Waals surface area contributed by atoms with Crippen LogP contribution in [0.2, 0.25) is 0 Å². The number of hydrogen-bond acceptors (Lipinski definition) is 4. The van der Waals surface area contributed by atoms with Gasteiger partial charge in [0.2, 0.25) is 0 Å². The van der Waals surface area contributed by atoms with Crippen LogP contribution in [0.5, 0.6) is 5.75 Å². The number of nitrogen functional groups attached to an aromatic ring is 1. The molecule has 0 amide bonds. The number of anilines is 1. The number of nitrogens with two attached hydrogens (primary N) is 1. The van der Waals surface area contributed by atoms with Crippen LogP contribution >= 0.6 is 22.6 Å². The molecule has 2 aromatic rings. The molecule has 0 aliphatic heterocycles. The van der Waals surface area contributed by atoms with E-state index >= 15 is 0 Å². The number of ether oxygens (including phenoxy) is 1. The number of hydrogen-bond donors (Lipinski definition) is 1. The Morgan fingerprint density at radius 1 is 1.14 bits per heavy atom. The lowest BCUT2D eigenvalue weighted by molar-refractivity contribution is 0.415. The van der Waals surface area contributed by atoms with E-state index in [2.05, 4.69) is 27.6 Å². The van der Waals surface area contributed by atoms with Gasteiger partial charge in [0.15, 0.2) is 5.82 Å². The maximum atomic E-state index is 6.10. The van der Waals surface area contributed by atoms with Crippen molar-refractivity contribution in [1.82, 2.24) is 9.97 Å². The van der Waals surface area contributed by atoms with Crippen molar-refractivity contribution in [1.29, 1.82) is 0 Å². The summed E-state index contributed by atoms with van der Waals surface area (Å²) in [6, 6.07) is 7.78. The SMILES string of the molecule is COc1ccc(-c2nc(N)c(I)c(C3CCCC3)n2)cc1. The van der Waals surface area contributed by atoms with E-state index in [1.165, 1.54) is 25.7 Å². The van der Waals surface area contributed by atoms with Crippen molar-refractivity contribution in [3.05, 3.63) is 33.5 Å². The van der Waals surface area contributed by atoms with E-state index in [1.54, 1.807) is 7.11 Å². The topological polar surface area (TPSA) is 61.0 Å². The molecule has 3 rings (SSSR count). The Kier molecular flexibility index (Phi) is 4.28. The molecule has 2 N–H and O–H groups in total. The smallest absolute Gasteiger partial charge is 0.161 e. The normalized spacial score (nSPS) is 15.3. The van der Waals surface area contributed by atoms with Crippen LogP contribution in [0.4, 0.5) is 5.82 Å². The predicted octanol–water partition coefficient (Wildman–Crippen LogP) is 4.00. The monoisotopic (exact) mass is 395 g/mol. The Balaban J connectivity index is 2.01. The minimum Gasteiger partial charge on any atom is -0.497 e. The highest BCUT2D eigenvalue weighted by atomic mass is 127. The quantitative estimate of drug-likeness (QED) is 0.799. The van der Waals surface area contributed by atoms with Crippen molar-refractivity contribution in [3.63, 3.8) is 0 Å². The van der Waals surface area contributed by atoms with Crippen molar-refractivity contribution in [2.45, 2.75) is 31.6 Å². The molecule has 1 fully saturated rings. The maximum absolute atomic E-state index is 6.10. The third-order valence-electron chi connectivity index (χ3n) is 3.99. The summed E-state index contributed by atoms with van der Waals surface area (Å²) in [6.07, 6.45) is 4.97. The first-order valence-electron chi connectivity index (χ1n) is 7.16. The van der Waals surface area contributed by atoms with Gasteiger partial charge in [-0.3, -0.25) is 0 Å². The molecule has 0 unspecified atom stereocenters. The molecule has 1 heterocycles. The summed E-state index contributed by atoms with van der Waals surface area (Å²) in [5.41, 5.74) is 8.19. The Hall–Kier alpha value is -1.37. The summed E-state index contributed by atoms with van der Waals surface area (Å²) < 4.78 is 6.20. The van der Waals surface area contributed by atoms with Crippen LogP contribution in [0.25, 0.3) is 11.4 Å². The summed E-state index contributed by atoms with van der Waals surface area (Å²) in [5, 5.41) is 0. The van der Waals surface area contributed by atoms with E-state index in [4.69, 9.17) is 15.5 Å². The average Bonchev–Trinajstić information content (AvgIpc) is 3.04. The average molecular weight is 395 g/mol. The number of halogens is 1. The van der Waals surface area contributed by atoms with Crippen LogP contribution in [0, 0.1) is 3.57 Å². The van der Waals surface area contributed by atoms with Crippen molar-refractivity contribution in [2.24, 2.45) is 0 Å². The Morgan fingerprint density at radius 2 is 1.81 bits per heavy atom. The fourth-order valence-corrected chi connectivity index (χ4v) is 3.50. The van der Waals surface area contributed by atoms with Crippen LogP contribution in [0.1, 0.15) is 37.3 Å². The van der Waals surface area contributed by atoms with Gasteiger partial charge < -0.3 is 10.5 Å². The fraction of sp³-hybridized carbons (Fsp3) is 0.375. The molecule has 5 heteroatoms. The molecular weight excluding hydrogens is 377 g/mol. The van der Waals surface area contributed by atoms with Gasteiger partial charge in [-0.2, -0.15) is 0 Å². The fourth-order valence-electron chi connectivity index (χ4n) is 2.82. The largest absolute Gasteiger partial charge is 0.497 e. The lowest BCUT2D eigenvalue weighted by atomic mass is 10.0. The van der Waals surface area contributed by atoms with E-state index < -0.39 is 0 Å². The minimum absolute atomic E-state index is 0.527. The predicted molar refractivity (Wildman–Crippen MR) is 92.4 cm³/mol. The van der Waals surface area contributed by atoms with Gasteiger partial charge in [0.05, 0.1) is 16.4 Å². The third kappa shape index (κ3) is 2.97. The van der Waals surface area contributed by atoms with Gasteiger partial charge in [-0.1, -0.05) is 12.8 Å². The number of methoxy groups -OCH3 is 1. The van der Waals surface area contributed by atoms with Crippen molar-refractivity contribution < 1.29 is 4.74 Å². The van der Waals surface area contributed by atoms with Gasteiger partial charge in [-0.05, 0) is 59.7 Å². The van der Waals surface area contributed by atoms with Crippen LogP contribution in [-0.4, -0.2) is 17.1 Å². The number of aromatic nitrogens is 2. The van der Waals surface area contributed by atoms with Gasteiger partial charge in [0.25, 0.3) is 0 Å². The second-order valence-electron chi connectivity index (χ2n) is 5.34. The maximum Gasteiger partial charge on any atom is 0.161 e. The highest BCUT2D eigenvalue weighted by Gasteiger charge is 2.23. The number of rotatable bonds is 3. The molecule has 1 aliphatic rings. The van der Waals surface area contributed by atoms with E-state index in [0.717, 1.165) is 20.6 Å². The molecule has 0 radical (unpaired) electrons. The van der Waals surface area contributed by atoms with Crippen LogP contribution in [0.3, 0.4) is 0 Å². The van der Waals surface area contributed by atoms with E-state index in [9.17, 15) is 0 Å². The van der Waals surface area contributed by atoms with Crippen LogP contribution in [-0.2, 0) is 0 Å². The first-order valence-corrected chi connectivity index (χ1v) is 8.24. The zero-order valence-corrected chi connectivity index (χ0v) is 14.1. The molecule has 21 heavy (non-hydrogen) atoms. The summed E-state index contributed by atoms with van der Waals surface area (Å²) in [7, 11) is 1.66. The van der Waals surface area contributed by atoms with Crippen LogP contribution in [0.15, 0.2) is 24.3 Å². The number of nitrogens with zero attached hydrogens (tertiary/aromatic N) is 2. The highest BCUT2D eigenvalue weighted by molar-refractivity contribution is 14.1. The molecule has 1 aromatic heterocycles. The van der Waals surface area contributed by atoms with Gasteiger partial charge in [0.1, 0.15) is 11.6 Å². The van der Waals surface area contributed by atoms with E-state index in [1.807, 2.05) is 24.3 Å². The number of benzene rings is 1. The third-order valence-corrected chi connectivity index (χ3v) is 5.10. The molecular formula is C16H18IN3O. The lowest BCUT2D eigenvalue weighted by Crippen LogP contribution is -2.07. The van der Waals surface area contributed by atoms with Gasteiger partial charge in [0, 0.05) is 11.5 Å². The zero-order chi connectivity index (χ0) is 14.8. The zero-order valence-electron chi connectivity index (χ0n) is 12.0. The first-order chi connectivity index (χ1) is 10.2. The summed E-state index contributed by atoms with van der Waals surface area (Å²) in [5.74, 6) is 2.64. The molecule has 1 aromatic carbocycles. The molecule has 1 saturated carbocycles. The standard InChI is InChI=1S/C16H18IN3O/c1-21-12-8-6-11(7-9-12)16-19-14(10-4-2-3-5-10)13(17)15(18)20-16/h6-10H,2-5H2,1H3,(H2,18,19,20). The molecule has 0 spiro atoms. The molecule has 0 atom stereocenters. The lowest BCUT2D eigenvalue weighted by Gasteiger charge is -2.14. The summed E-state index contributed by atoms with van der Waals surface area (Å²) in [6.45, 7) is 0. The molecule has 4 nitrogen and oxygen atoms in total. The Bertz CT molecular complexity index is 637. The summed E-state index contributed by atoms with van der Waals surface area (Å²) >= 11 is 2.27. The molecule has 0 saturated heterocycles. The van der Waals surface area contributed by atoms with E-state index in [0.29, 0.717) is 17.6 Å². The second-order valence-corrected chi connectivity index (χ2v) is 6.42. The molecule has 0 bridgehead atoms. The van der Waals surface area contributed by atoms with Crippen molar-refractivity contribution in [2.75, 3.05) is 12.8 Å². The first kappa shape index (κ1) is 14.6. The van der Waals surface area contributed by atoms with E-state index in [-0.39, 0.29) is 0 Å². The summed E-state index contributed by atoms with van der Waals surface area (Å²) in [4.78, 5) is 9.25. The van der Waals surface area contributed by atoms with Gasteiger partial charge in [-0.15, -0.1) is 0 Å². The molecule has 110 valence electrons.